The smallest absolute Gasteiger partial charge is 0.0729 e. The Kier molecular flexibility index (Phi) is 3.37. The summed E-state index contributed by atoms with van der Waals surface area (Å²) in [6.45, 7) is 5.85. The highest BCUT2D eigenvalue weighted by molar-refractivity contribution is 5.60. The zero-order chi connectivity index (χ0) is 16.0. The van der Waals surface area contributed by atoms with Gasteiger partial charge in [-0.05, 0) is 49.4 Å². The summed E-state index contributed by atoms with van der Waals surface area (Å²) in [5.41, 5.74) is 4.34. The predicted molar refractivity (Wildman–Crippen MR) is 97.2 cm³/mol. The van der Waals surface area contributed by atoms with Gasteiger partial charge < -0.3 is 9.80 Å². The van der Waals surface area contributed by atoms with E-state index < -0.39 is 0 Å². The van der Waals surface area contributed by atoms with Crippen molar-refractivity contribution in [2.24, 2.45) is 5.92 Å². The monoisotopic (exact) mass is 319 g/mol. The highest BCUT2D eigenvalue weighted by Gasteiger charge is 2.48. The molecule has 0 bridgehead atoms. The lowest BCUT2D eigenvalue weighted by atomic mass is 9.85. The van der Waals surface area contributed by atoms with Crippen LogP contribution in [0.25, 0.3) is 0 Å². The molecular formula is C21H25N3. The van der Waals surface area contributed by atoms with E-state index in [2.05, 4.69) is 52.3 Å². The number of rotatable bonds is 4. The van der Waals surface area contributed by atoms with E-state index in [9.17, 15) is 0 Å². The van der Waals surface area contributed by atoms with Gasteiger partial charge in [-0.2, -0.15) is 0 Å². The van der Waals surface area contributed by atoms with Crippen LogP contribution in [0, 0.1) is 5.92 Å². The second kappa shape index (κ2) is 5.59. The predicted octanol–water partition coefficient (Wildman–Crippen LogP) is 3.46. The number of hydrogen-bond donors (Lipinski definition) is 0. The van der Waals surface area contributed by atoms with Crippen LogP contribution in [-0.4, -0.2) is 36.1 Å². The first-order chi connectivity index (χ1) is 11.8. The fourth-order valence-corrected chi connectivity index (χ4v) is 4.63. The van der Waals surface area contributed by atoms with Crippen molar-refractivity contribution >= 4 is 5.69 Å². The van der Waals surface area contributed by atoms with E-state index in [1.807, 2.05) is 6.20 Å². The van der Waals surface area contributed by atoms with E-state index in [0.717, 1.165) is 19.0 Å². The molecule has 1 aromatic heterocycles. The average molecular weight is 319 g/mol. The van der Waals surface area contributed by atoms with Crippen LogP contribution in [0.2, 0.25) is 0 Å². The van der Waals surface area contributed by atoms with Gasteiger partial charge in [0.25, 0.3) is 0 Å². The van der Waals surface area contributed by atoms with Crippen molar-refractivity contribution in [3.05, 3.63) is 59.9 Å². The number of pyridine rings is 1. The van der Waals surface area contributed by atoms with Crippen LogP contribution in [-0.2, 0) is 12.0 Å². The summed E-state index contributed by atoms with van der Waals surface area (Å²) < 4.78 is 0. The minimum Gasteiger partial charge on any atom is -0.365 e. The molecule has 3 heterocycles. The van der Waals surface area contributed by atoms with Gasteiger partial charge in [0.1, 0.15) is 0 Å². The molecule has 1 aliphatic carbocycles. The molecule has 24 heavy (non-hydrogen) atoms. The summed E-state index contributed by atoms with van der Waals surface area (Å²) in [6, 6.07) is 15.2. The number of aromatic nitrogens is 1. The normalized spacial score (nSPS) is 26.2. The van der Waals surface area contributed by atoms with Gasteiger partial charge in [-0.3, -0.25) is 4.98 Å². The van der Waals surface area contributed by atoms with Crippen LogP contribution in [0.1, 0.15) is 30.5 Å². The maximum absolute atomic E-state index is 4.85. The highest BCUT2D eigenvalue weighted by Crippen LogP contribution is 2.46. The molecule has 0 unspecified atom stereocenters. The van der Waals surface area contributed by atoms with Gasteiger partial charge in [0, 0.05) is 37.8 Å². The second-order valence-corrected chi connectivity index (χ2v) is 7.92. The summed E-state index contributed by atoms with van der Waals surface area (Å²) >= 11 is 0. The maximum Gasteiger partial charge on any atom is 0.0729 e. The summed E-state index contributed by atoms with van der Waals surface area (Å²) in [5, 5.41) is 0. The van der Waals surface area contributed by atoms with Crippen molar-refractivity contribution in [2.45, 2.75) is 31.2 Å². The van der Waals surface area contributed by atoms with E-state index in [0.29, 0.717) is 0 Å². The molecule has 0 N–H and O–H groups in total. The lowest BCUT2D eigenvalue weighted by Gasteiger charge is -2.26. The van der Waals surface area contributed by atoms with Gasteiger partial charge >= 0.3 is 0 Å². The number of fused-ring (bicyclic) bond motifs is 2. The Bertz CT molecular complexity index is 725. The number of hydrogen-bond acceptors (Lipinski definition) is 3. The summed E-state index contributed by atoms with van der Waals surface area (Å²) in [6.07, 6.45) is 6.13. The molecule has 2 fully saturated rings. The molecule has 2 aromatic rings. The van der Waals surface area contributed by atoms with Crippen molar-refractivity contribution in [3.8, 4) is 0 Å². The first-order valence-electron chi connectivity index (χ1n) is 9.29. The first-order valence-corrected chi connectivity index (χ1v) is 9.29. The van der Waals surface area contributed by atoms with Gasteiger partial charge in [-0.1, -0.05) is 30.3 Å². The molecule has 1 saturated heterocycles. The van der Waals surface area contributed by atoms with Crippen LogP contribution in [0.5, 0.6) is 0 Å². The van der Waals surface area contributed by atoms with Crippen molar-refractivity contribution in [1.82, 2.24) is 9.88 Å². The van der Waals surface area contributed by atoms with Crippen LogP contribution in [0.3, 0.4) is 0 Å². The molecule has 1 spiro atoms. The van der Waals surface area contributed by atoms with Gasteiger partial charge in [0.2, 0.25) is 0 Å². The van der Waals surface area contributed by atoms with E-state index in [1.165, 1.54) is 55.8 Å². The standard InChI is InChI=1S/C21H25N3/c1-2-5-17(6-3-1)14-24-16-21(20-19(24)7-4-11-22-20)10-12-23(15-21)13-18-8-9-18/h1-7,11,18H,8-10,12-16H2/t21-/m0/s1. The average Bonchev–Trinajstić information content (AvgIpc) is 3.27. The Hall–Kier alpha value is -1.87. The van der Waals surface area contributed by atoms with Gasteiger partial charge in [-0.25, -0.2) is 0 Å². The lowest BCUT2D eigenvalue weighted by Crippen LogP contribution is -2.37. The first kappa shape index (κ1) is 14.5. The number of benzene rings is 1. The lowest BCUT2D eigenvalue weighted by molar-refractivity contribution is 0.300. The molecule has 124 valence electrons. The van der Waals surface area contributed by atoms with Crippen LogP contribution in [0.4, 0.5) is 5.69 Å². The maximum atomic E-state index is 4.85. The van der Waals surface area contributed by atoms with Gasteiger partial charge in [-0.15, -0.1) is 0 Å². The van der Waals surface area contributed by atoms with E-state index in [1.54, 1.807) is 0 Å². The molecule has 1 atom stereocenters. The van der Waals surface area contributed by atoms with Crippen molar-refractivity contribution in [3.63, 3.8) is 0 Å². The highest BCUT2D eigenvalue weighted by atomic mass is 15.2. The molecule has 0 amide bonds. The zero-order valence-electron chi connectivity index (χ0n) is 14.2. The van der Waals surface area contributed by atoms with Crippen LogP contribution in [0.15, 0.2) is 48.7 Å². The van der Waals surface area contributed by atoms with Crippen molar-refractivity contribution in [1.29, 1.82) is 0 Å². The van der Waals surface area contributed by atoms with Crippen LogP contribution < -0.4 is 4.90 Å². The molecule has 0 radical (unpaired) electrons. The van der Waals surface area contributed by atoms with Crippen molar-refractivity contribution < 1.29 is 0 Å². The van der Waals surface area contributed by atoms with E-state index in [-0.39, 0.29) is 5.41 Å². The Morgan fingerprint density at radius 1 is 1.04 bits per heavy atom. The topological polar surface area (TPSA) is 19.4 Å². The number of likely N-dealkylation sites (tertiary alicyclic amines) is 1. The summed E-state index contributed by atoms with van der Waals surface area (Å²) in [5.74, 6) is 0.977. The van der Waals surface area contributed by atoms with Crippen LogP contribution >= 0.6 is 0 Å². The molecular weight excluding hydrogens is 294 g/mol. The number of nitrogens with zero attached hydrogens (tertiary/aromatic N) is 3. The Labute approximate surface area is 144 Å². The third-order valence-electron chi connectivity index (χ3n) is 5.99. The molecule has 3 aliphatic rings. The fraction of sp³-hybridized carbons (Fsp3) is 0.476. The minimum absolute atomic E-state index is 0.250. The third-order valence-corrected chi connectivity index (χ3v) is 5.99. The minimum atomic E-state index is 0.250. The van der Waals surface area contributed by atoms with E-state index in [4.69, 9.17) is 4.98 Å². The Balaban J connectivity index is 1.41. The van der Waals surface area contributed by atoms with E-state index >= 15 is 0 Å². The fourth-order valence-electron chi connectivity index (χ4n) is 4.63. The SMILES string of the molecule is c1ccc(CN2C[C@@]3(CCN(CC4CC4)C3)c3ncccc32)cc1. The van der Waals surface area contributed by atoms with Gasteiger partial charge in [0.05, 0.1) is 11.4 Å². The van der Waals surface area contributed by atoms with Crippen molar-refractivity contribution in [2.75, 3.05) is 31.1 Å². The molecule has 1 saturated carbocycles. The summed E-state index contributed by atoms with van der Waals surface area (Å²) in [7, 11) is 0. The third kappa shape index (κ3) is 2.51. The molecule has 1 aromatic carbocycles. The summed E-state index contributed by atoms with van der Waals surface area (Å²) in [4.78, 5) is 10.1. The Morgan fingerprint density at radius 3 is 2.75 bits per heavy atom. The molecule has 5 rings (SSSR count). The zero-order valence-corrected chi connectivity index (χ0v) is 14.2. The van der Waals surface area contributed by atoms with Gasteiger partial charge in [0.15, 0.2) is 0 Å². The molecule has 2 aliphatic heterocycles. The molecule has 3 nitrogen and oxygen atoms in total. The second-order valence-electron chi connectivity index (χ2n) is 7.92. The Morgan fingerprint density at radius 2 is 1.92 bits per heavy atom. The molecule has 3 heteroatoms. The largest absolute Gasteiger partial charge is 0.365 e. The number of anilines is 1. The quantitative estimate of drug-likeness (QED) is 0.860.